The highest BCUT2D eigenvalue weighted by Gasteiger charge is 2.24. The number of nitrogens with zero attached hydrogens (tertiary/aromatic N) is 4. The van der Waals surface area contributed by atoms with E-state index in [1.807, 2.05) is 75.4 Å². The van der Waals surface area contributed by atoms with Crippen LogP contribution in [0, 0.1) is 12.8 Å². The van der Waals surface area contributed by atoms with Crippen molar-refractivity contribution >= 4 is 46.2 Å². The zero-order chi connectivity index (χ0) is 50.4. The third kappa shape index (κ3) is 21.3. The van der Waals surface area contributed by atoms with Gasteiger partial charge in [-0.3, -0.25) is 24.0 Å². The number of carboxylic acid groups (broad SMARTS) is 1. The maximum Gasteiger partial charge on any atom is 0.305 e. The molecule has 0 aliphatic heterocycles. The molecule has 1 aromatic heterocycles. The Labute approximate surface area is 408 Å². The van der Waals surface area contributed by atoms with Gasteiger partial charge in [0.25, 0.3) is 5.91 Å². The second kappa shape index (κ2) is 32.2. The van der Waals surface area contributed by atoms with E-state index in [0.717, 1.165) is 27.9 Å². The van der Waals surface area contributed by atoms with Gasteiger partial charge in [-0.25, -0.2) is 4.98 Å². The molecule has 0 aliphatic rings. The number of fused-ring (bicyclic) bond motifs is 1. The van der Waals surface area contributed by atoms with Gasteiger partial charge in [-0.1, -0.05) is 73.6 Å². The molecule has 4 aromatic rings. The number of hydrogen-bond donors (Lipinski definition) is 6. The highest BCUT2D eigenvalue weighted by Crippen LogP contribution is 2.32. The van der Waals surface area contributed by atoms with Crippen LogP contribution in [0.1, 0.15) is 67.1 Å². The number of azide groups is 1. The molecule has 4 rings (SSSR count). The van der Waals surface area contributed by atoms with Crippen LogP contribution in [0.15, 0.2) is 84.1 Å². The first kappa shape index (κ1) is 55.9. The molecule has 0 aliphatic carbocycles. The number of aryl methyl sites for hydroxylation is 1. The summed E-state index contributed by atoms with van der Waals surface area (Å²) in [5, 5.41) is 28.9. The fourth-order valence-electron chi connectivity index (χ4n) is 7.12. The molecule has 1 heterocycles. The van der Waals surface area contributed by atoms with Gasteiger partial charge in [0.05, 0.1) is 85.1 Å². The third-order valence-corrected chi connectivity index (χ3v) is 10.5. The number of pyridine rings is 1. The Morgan fingerprint density at radius 2 is 1.39 bits per heavy atom. The molecule has 20 nitrogen and oxygen atoms in total. The molecule has 378 valence electrons. The standard InChI is InChI=1S/C50H67N9O11/c1-35(2)31-44(50(65)54-19-21-66-23-25-68-27-29-70-30-28-69-26-24-67-22-20-56-59-51)58-49(64)42-15-14-39(40-7-4-5-8-41(40)42)37-10-12-38(13-11-37)43(33-48(62)63)57-47(61)34-55-46(60)9-6-17-52-45-32-36(3)16-18-53-45/h4-5,7-8,10-16,18,32,35,43-44H,6,9,17,19-31,33-34H2,1-3H3,(H,52,53)(H,54,65)(H,55,60)(H,57,61)(H,58,64)(H,62,63)/t43-,44-/m0/s1. The molecule has 0 fully saturated rings. The summed E-state index contributed by atoms with van der Waals surface area (Å²) < 4.78 is 27.3. The van der Waals surface area contributed by atoms with Crippen LogP contribution in [-0.4, -0.2) is 138 Å². The lowest BCUT2D eigenvalue weighted by atomic mass is 9.93. The minimum absolute atomic E-state index is 0.112. The number of aromatic nitrogens is 1. The van der Waals surface area contributed by atoms with Crippen LogP contribution >= 0.6 is 0 Å². The first-order chi connectivity index (χ1) is 33.9. The topological polar surface area (TPSA) is 274 Å². The number of nitrogens with one attached hydrogen (secondary N) is 5. The average molecular weight is 970 g/mol. The van der Waals surface area contributed by atoms with E-state index in [4.69, 9.17) is 29.2 Å². The van der Waals surface area contributed by atoms with Crippen molar-refractivity contribution in [2.24, 2.45) is 11.0 Å². The van der Waals surface area contributed by atoms with Crippen LogP contribution < -0.4 is 26.6 Å². The highest BCUT2D eigenvalue weighted by molar-refractivity contribution is 6.11. The monoisotopic (exact) mass is 969 g/mol. The quantitative estimate of drug-likeness (QED) is 0.0144. The van der Waals surface area contributed by atoms with E-state index in [1.165, 1.54) is 0 Å². The van der Waals surface area contributed by atoms with Crippen molar-refractivity contribution in [2.75, 3.05) is 97.6 Å². The van der Waals surface area contributed by atoms with Crippen molar-refractivity contribution in [3.8, 4) is 11.1 Å². The SMILES string of the molecule is Cc1ccnc(NCCCC(=O)NCC(=O)N[C@@H](CC(=O)O)c2ccc(-c3ccc(C(=O)N[C@@H](CC(C)C)C(=O)NCCOCCOCCOCCOCCOCCN=[N+]=[N-])c4ccccc34)cc2)c1. The van der Waals surface area contributed by atoms with E-state index in [9.17, 15) is 29.1 Å². The van der Waals surface area contributed by atoms with E-state index in [2.05, 4.69) is 41.6 Å². The number of rotatable bonds is 35. The Kier molecular flexibility index (Phi) is 25.7. The summed E-state index contributed by atoms with van der Waals surface area (Å²) in [6.07, 6.45) is 2.47. The minimum Gasteiger partial charge on any atom is -0.481 e. The molecule has 0 saturated heterocycles. The molecule has 3 aromatic carbocycles. The summed E-state index contributed by atoms with van der Waals surface area (Å²) in [6, 6.07) is 20.3. The van der Waals surface area contributed by atoms with Crippen LogP contribution in [0.25, 0.3) is 32.3 Å². The van der Waals surface area contributed by atoms with Gasteiger partial charge in [-0.2, -0.15) is 0 Å². The molecule has 0 unspecified atom stereocenters. The Balaban J connectivity index is 1.22. The second-order valence-electron chi connectivity index (χ2n) is 16.5. The molecule has 70 heavy (non-hydrogen) atoms. The normalized spacial score (nSPS) is 11.9. The zero-order valence-corrected chi connectivity index (χ0v) is 40.3. The minimum atomic E-state index is -1.10. The maximum atomic E-state index is 13.9. The number of aliphatic carboxylic acids is 1. The number of benzene rings is 3. The number of carboxylic acids is 1. The van der Waals surface area contributed by atoms with Crippen molar-refractivity contribution in [1.82, 2.24) is 26.3 Å². The molecule has 0 bridgehead atoms. The molecule has 2 atom stereocenters. The largest absolute Gasteiger partial charge is 0.481 e. The molecular weight excluding hydrogens is 903 g/mol. The predicted octanol–water partition coefficient (Wildman–Crippen LogP) is 5.50. The van der Waals surface area contributed by atoms with Crippen molar-refractivity contribution in [3.63, 3.8) is 0 Å². The van der Waals surface area contributed by atoms with Gasteiger partial charge in [0, 0.05) is 42.7 Å². The first-order valence-corrected chi connectivity index (χ1v) is 23.5. The second-order valence-corrected chi connectivity index (χ2v) is 16.5. The highest BCUT2D eigenvalue weighted by atomic mass is 16.6. The summed E-state index contributed by atoms with van der Waals surface area (Å²) in [7, 11) is 0. The lowest BCUT2D eigenvalue weighted by Crippen LogP contribution is -2.48. The molecule has 0 spiro atoms. The summed E-state index contributed by atoms with van der Waals surface area (Å²) in [6.45, 7) is 10.4. The number of carbonyl (C=O) groups excluding carboxylic acids is 4. The zero-order valence-electron chi connectivity index (χ0n) is 40.3. The van der Waals surface area contributed by atoms with E-state index in [1.54, 1.807) is 24.4 Å². The van der Waals surface area contributed by atoms with Gasteiger partial charge in [0.15, 0.2) is 0 Å². The van der Waals surface area contributed by atoms with Crippen LogP contribution in [0.4, 0.5) is 5.82 Å². The lowest BCUT2D eigenvalue weighted by Gasteiger charge is -2.21. The van der Waals surface area contributed by atoms with Gasteiger partial charge < -0.3 is 55.4 Å². The number of hydrogen-bond acceptors (Lipinski definition) is 13. The van der Waals surface area contributed by atoms with E-state index in [0.29, 0.717) is 95.4 Å². The fourth-order valence-corrected chi connectivity index (χ4v) is 7.12. The molecule has 6 N–H and O–H groups in total. The summed E-state index contributed by atoms with van der Waals surface area (Å²) >= 11 is 0. The summed E-state index contributed by atoms with van der Waals surface area (Å²) in [5.41, 5.74) is 11.9. The molecule has 0 saturated carbocycles. The number of amides is 4. The molecular formula is C50H67N9O11. The van der Waals surface area contributed by atoms with Gasteiger partial charge in [0.2, 0.25) is 17.7 Å². The van der Waals surface area contributed by atoms with Crippen LogP contribution in [0.5, 0.6) is 0 Å². The third-order valence-electron chi connectivity index (χ3n) is 10.5. The van der Waals surface area contributed by atoms with Crippen molar-refractivity contribution in [1.29, 1.82) is 0 Å². The average Bonchev–Trinajstić information content (AvgIpc) is 3.34. The molecule has 4 amide bonds. The van der Waals surface area contributed by atoms with E-state index in [-0.39, 0.29) is 56.8 Å². The van der Waals surface area contributed by atoms with Crippen molar-refractivity contribution < 1.29 is 52.8 Å². The van der Waals surface area contributed by atoms with Gasteiger partial charge in [0.1, 0.15) is 11.9 Å². The maximum absolute atomic E-state index is 13.9. The lowest BCUT2D eigenvalue weighted by molar-refractivity contribution is -0.138. The Bertz CT molecular complexity index is 2310. The Hall–Kier alpha value is -6.67. The molecule has 0 radical (unpaired) electrons. The Morgan fingerprint density at radius 1 is 0.743 bits per heavy atom. The fraction of sp³-hybridized carbons (Fsp3) is 0.480. The number of carbonyl (C=O) groups is 5. The summed E-state index contributed by atoms with van der Waals surface area (Å²) in [5.74, 6) is -1.82. The van der Waals surface area contributed by atoms with Crippen molar-refractivity contribution in [3.05, 3.63) is 106 Å². The van der Waals surface area contributed by atoms with Crippen LogP contribution in [-0.2, 0) is 42.9 Å². The first-order valence-electron chi connectivity index (χ1n) is 23.5. The predicted molar refractivity (Wildman–Crippen MR) is 264 cm³/mol. The molecule has 20 heteroatoms. The van der Waals surface area contributed by atoms with Gasteiger partial charge in [-0.05, 0) is 82.4 Å². The summed E-state index contributed by atoms with van der Waals surface area (Å²) in [4.78, 5) is 71.3. The number of anilines is 1. The van der Waals surface area contributed by atoms with Gasteiger partial charge in [-0.15, -0.1) is 0 Å². The van der Waals surface area contributed by atoms with Crippen LogP contribution in [0.2, 0.25) is 0 Å². The van der Waals surface area contributed by atoms with E-state index >= 15 is 0 Å². The number of ether oxygens (including phenoxy) is 5. The van der Waals surface area contributed by atoms with Crippen LogP contribution in [0.3, 0.4) is 0 Å². The van der Waals surface area contributed by atoms with Crippen molar-refractivity contribution in [2.45, 2.75) is 58.5 Å². The smallest absolute Gasteiger partial charge is 0.305 e. The van der Waals surface area contributed by atoms with Gasteiger partial charge >= 0.3 is 5.97 Å². The van der Waals surface area contributed by atoms with E-state index < -0.39 is 29.9 Å². The Morgan fingerprint density at radius 3 is 2.01 bits per heavy atom.